The van der Waals surface area contributed by atoms with E-state index < -0.39 is 5.97 Å². The van der Waals surface area contributed by atoms with Gasteiger partial charge in [0.05, 0.1) is 5.69 Å². The van der Waals surface area contributed by atoms with Crippen molar-refractivity contribution in [3.63, 3.8) is 0 Å². The highest BCUT2D eigenvalue weighted by molar-refractivity contribution is 9.11. The molecule has 0 fully saturated rings. The smallest absolute Gasteiger partial charge is 0.356 e. The third kappa shape index (κ3) is 3.05. The standard InChI is InChI=1S/C11H7Br2N3O2/c12-6-1-2-7(13)9(5-6)14-10-4-3-8(11(17)18)15-16-10/h1-5H,(H,14,16)(H,17,18). The maximum Gasteiger partial charge on any atom is 0.356 e. The van der Waals surface area contributed by atoms with E-state index in [0.29, 0.717) is 5.82 Å². The molecule has 0 atom stereocenters. The Morgan fingerprint density at radius 1 is 1.17 bits per heavy atom. The number of halogens is 2. The average Bonchev–Trinajstić information content (AvgIpc) is 2.34. The van der Waals surface area contributed by atoms with Crippen molar-refractivity contribution in [1.29, 1.82) is 0 Å². The first-order valence-corrected chi connectivity index (χ1v) is 6.44. The Labute approximate surface area is 120 Å². The summed E-state index contributed by atoms with van der Waals surface area (Å²) in [6.45, 7) is 0. The van der Waals surface area contributed by atoms with Gasteiger partial charge in [0.25, 0.3) is 0 Å². The van der Waals surface area contributed by atoms with Gasteiger partial charge in [0.1, 0.15) is 0 Å². The Balaban J connectivity index is 2.23. The third-order valence-corrected chi connectivity index (χ3v) is 3.26. The average molecular weight is 373 g/mol. The Morgan fingerprint density at radius 3 is 2.56 bits per heavy atom. The zero-order valence-electron chi connectivity index (χ0n) is 8.89. The van der Waals surface area contributed by atoms with Gasteiger partial charge in [0.2, 0.25) is 0 Å². The van der Waals surface area contributed by atoms with Crippen LogP contribution in [0.25, 0.3) is 0 Å². The number of rotatable bonds is 3. The fourth-order valence-electron chi connectivity index (χ4n) is 1.24. The summed E-state index contributed by atoms with van der Waals surface area (Å²) in [5, 5.41) is 19.1. The van der Waals surface area contributed by atoms with Crippen molar-refractivity contribution < 1.29 is 9.90 Å². The quantitative estimate of drug-likeness (QED) is 0.863. The summed E-state index contributed by atoms with van der Waals surface area (Å²) in [5.74, 6) is -0.628. The van der Waals surface area contributed by atoms with Crippen LogP contribution in [0.2, 0.25) is 0 Å². The van der Waals surface area contributed by atoms with Crippen LogP contribution in [0.3, 0.4) is 0 Å². The van der Waals surface area contributed by atoms with Crippen LogP contribution in [0, 0.1) is 0 Å². The van der Waals surface area contributed by atoms with E-state index in [0.717, 1.165) is 14.6 Å². The van der Waals surface area contributed by atoms with Gasteiger partial charge in [-0.3, -0.25) is 0 Å². The molecule has 18 heavy (non-hydrogen) atoms. The lowest BCUT2D eigenvalue weighted by Gasteiger charge is -2.07. The van der Waals surface area contributed by atoms with Crippen molar-refractivity contribution in [3.8, 4) is 0 Å². The number of benzene rings is 1. The van der Waals surface area contributed by atoms with Gasteiger partial charge in [-0.2, -0.15) is 0 Å². The fraction of sp³-hybridized carbons (Fsp3) is 0. The van der Waals surface area contributed by atoms with E-state index in [4.69, 9.17) is 5.11 Å². The molecule has 7 heteroatoms. The largest absolute Gasteiger partial charge is 0.476 e. The molecular formula is C11H7Br2N3O2. The van der Waals surface area contributed by atoms with Crippen molar-refractivity contribution in [2.24, 2.45) is 0 Å². The first kappa shape index (κ1) is 13.0. The molecule has 2 N–H and O–H groups in total. The molecule has 0 amide bonds. The number of hydrogen-bond donors (Lipinski definition) is 2. The van der Waals surface area contributed by atoms with Crippen LogP contribution in [0.4, 0.5) is 11.5 Å². The van der Waals surface area contributed by atoms with Gasteiger partial charge < -0.3 is 10.4 Å². The second-order valence-electron chi connectivity index (χ2n) is 3.36. The van der Waals surface area contributed by atoms with Gasteiger partial charge in [-0.25, -0.2) is 4.79 Å². The predicted octanol–water partition coefficient (Wildman–Crippen LogP) is 3.44. The highest BCUT2D eigenvalue weighted by Gasteiger charge is 2.06. The van der Waals surface area contributed by atoms with Crippen LogP contribution in [0.5, 0.6) is 0 Å². The monoisotopic (exact) mass is 371 g/mol. The molecule has 0 spiro atoms. The summed E-state index contributed by atoms with van der Waals surface area (Å²) in [7, 11) is 0. The maximum atomic E-state index is 10.6. The molecule has 0 aliphatic heterocycles. The number of carbonyl (C=O) groups is 1. The number of nitrogens with zero attached hydrogens (tertiary/aromatic N) is 2. The lowest BCUT2D eigenvalue weighted by Crippen LogP contribution is -2.03. The molecule has 0 saturated heterocycles. The van der Waals surface area contributed by atoms with E-state index in [9.17, 15) is 4.79 Å². The molecule has 1 aromatic carbocycles. The molecule has 0 aliphatic rings. The normalized spacial score (nSPS) is 10.1. The Hall–Kier alpha value is -1.47. The summed E-state index contributed by atoms with van der Waals surface area (Å²) in [6.07, 6.45) is 0. The number of nitrogens with one attached hydrogen (secondary N) is 1. The lowest BCUT2D eigenvalue weighted by atomic mass is 10.3. The molecule has 2 rings (SSSR count). The molecule has 5 nitrogen and oxygen atoms in total. The van der Waals surface area contributed by atoms with Crippen LogP contribution in [0.15, 0.2) is 39.3 Å². The molecule has 0 unspecified atom stereocenters. The van der Waals surface area contributed by atoms with Crippen molar-refractivity contribution >= 4 is 49.3 Å². The van der Waals surface area contributed by atoms with Crippen LogP contribution in [-0.2, 0) is 0 Å². The second kappa shape index (κ2) is 5.45. The summed E-state index contributed by atoms with van der Waals surface area (Å²) < 4.78 is 1.79. The Kier molecular flexibility index (Phi) is 3.93. The van der Waals surface area contributed by atoms with E-state index in [-0.39, 0.29) is 5.69 Å². The van der Waals surface area contributed by atoms with E-state index in [1.165, 1.54) is 6.07 Å². The van der Waals surface area contributed by atoms with Gasteiger partial charge in [0, 0.05) is 8.95 Å². The first-order valence-electron chi connectivity index (χ1n) is 4.85. The maximum absolute atomic E-state index is 10.6. The van der Waals surface area contributed by atoms with Gasteiger partial charge in [-0.15, -0.1) is 10.2 Å². The van der Waals surface area contributed by atoms with Crippen molar-refractivity contribution in [3.05, 3.63) is 45.0 Å². The van der Waals surface area contributed by atoms with Crippen LogP contribution < -0.4 is 5.32 Å². The summed E-state index contributed by atoms with van der Waals surface area (Å²) in [6, 6.07) is 8.60. The van der Waals surface area contributed by atoms with Gasteiger partial charge in [-0.1, -0.05) is 15.9 Å². The molecule has 0 saturated carbocycles. The SMILES string of the molecule is O=C(O)c1ccc(Nc2cc(Br)ccc2Br)nn1. The summed E-state index contributed by atoms with van der Waals surface area (Å²) in [4.78, 5) is 10.6. The molecule has 92 valence electrons. The zero-order valence-corrected chi connectivity index (χ0v) is 12.1. The number of carboxylic acids is 1. The van der Waals surface area contributed by atoms with Crippen LogP contribution in [0.1, 0.15) is 10.5 Å². The topological polar surface area (TPSA) is 75.1 Å². The number of hydrogen-bond acceptors (Lipinski definition) is 4. The third-order valence-electron chi connectivity index (χ3n) is 2.07. The molecule has 1 aromatic heterocycles. The van der Waals surface area contributed by atoms with Gasteiger partial charge >= 0.3 is 5.97 Å². The van der Waals surface area contributed by atoms with E-state index in [1.54, 1.807) is 6.07 Å². The molecule has 1 heterocycles. The second-order valence-corrected chi connectivity index (χ2v) is 5.13. The molecule has 0 bridgehead atoms. The van der Waals surface area contributed by atoms with Crippen LogP contribution >= 0.6 is 31.9 Å². The van der Waals surface area contributed by atoms with Gasteiger partial charge in [-0.05, 0) is 46.3 Å². The molecule has 0 radical (unpaired) electrons. The van der Waals surface area contributed by atoms with E-state index in [1.807, 2.05) is 18.2 Å². The highest BCUT2D eigenvalue weighted by Crippen LogP contribution is 2.28. The molecule has 2 aromatic rings. The van der Waals surface area contributed by atoms with Crippen LogP contribution in [-0.4, -0.2) is 21.3 Å². The van der Waals surface area contributed by atoms with Gasteiger partial charge in [0.15, 0.2) is 11.5 Å². The Morgan fingerprint density at radius 2 is 1.94 bits per heavy atom. The first-order chi connectivity index (χ1) is 8.56. The molecular weight excluding hydrogens is 366 g/mol. The van der Waals surface area contributed by atoms with Crippen molar-refractivity contribution in [1.82, 2.24) is 10.2 Å². The fourth-order valence-corrected chi connectivity index (χ4v) is 1.95. The number of carboxylic acid groups (broad SMARTS) is 1. The van der Waals surface area contributed by atoms with E-state index in [2.05, 4.69) is 47.4 Å². The minimum atomic E-state index is -1.10. The lowest BCUT2D eigenvalue weighted by molar-refractivity contribution is 0.0689. The predicted molar refractivity (Wildman–Crippen MR) is 74.1 cm³/mol. The minimum absolute atomic E-state index is 0.0890. The molecule has 0 aliphatic carbocycles. The summed E-state index contributed by atoms with van der Waals surface area (Å²) >= 11 is 6.77. The number of aromatic nitrogens is 2. The minimum Gasteiger partial charge on any atom is -0.476 e. The Bertz CT molecular complexity index is 587. The van der Waals surface area contributed by atoms with Crippen molar-refractivity contribution in [2.45, 2.75) is 0 Å². The number of anilines is 2. The highest BCUT2D eigenvalue weighted by atomic mass is 79.9. The number of aromatic carboxylic acids is 1. The van der Waals surface area contributed by atoms with Crippen molar-refractivity contribution in [2.75, 3.05) is 5.32 Å². The summed E-state index contributed by atoms with van der Waals surface area (Å²) in [5.41, 5.74) is 0.718. The van der Waals surface area contributed by atoms with E-state index >= 15 is 0 Å². The zero-order chi connectivity index (χ0) is 13.1.